The molecule has 0 aliphatic carbocycles. The molecule has 1 heterocycles. The van der Waals surface area contributed by atoms with Crippen LogP contribution in [0.2, 0.25) is 0 Å². The van der Waals surface area contributed by atoms with E-state index in [1.54, 1.807) is 30.3 Å². The lowest BCUT2D eigenvalue weighted by atomic mass is 10.2. The second kappa shape index (κ2) is 9.81. The Kier molecular flexibility index (Phi) is 6.93. The third-order valence-electron chi connectivity index (χ3n) is 4.52. The molecule has 0 saturated heterocycles. The molecular formula is C21H23N3O7. The molecule has 0 saturated carbocycles. The summed E-state index contributed by atoms with van der Waals surface area (Å²) in [7, 11) is 2.97. The molecule has 1 atom stereocenters. The van der Waals surface area contributed by atoms with Crippen molar-refractivity contribution in [2.45, 2.75) is 12.6 Å². The van der Waals surface area contributed by atoms with E-state index in [1.165, 1.54) is 26.4 Å². The summed E-state index contributed by atoms with van der Waals surface area (Å²) < 4.78 is 17.0. The summed E-state index contributed by atoms with van der Waals surface area (Å²) in [6.07, 6.45) is -1.04. The number of ether oxygens (including phenoxy) is 3. The molecule has 0 fully saturated rings. The lowest BCUT2D eigenvalue weighted by Gasteiger charge is -2.17. The molecule has 164 valence electrons. The number of nitrogens with one attached hydrogen (secondary N) is 2. The SMILES string of the molecule is COc1cccc(OC)c1OCC(O)CNC(=O)Cn1[nH]c(=O)c2ccccc2c1=O. The number of rotatable bonds is 9. The number of fused-ring (bicyclic) bond motifs is 1. The summed E-state index contributed by atoms with van der Waals surface area (Å²) in [6.45, 7) is -0.653. The molecule has 3 rings (SSSR count). The minimum absolute atomic E-state index is 0.122. The molecule has 10 nitrogen and oxygen atoms in total. The van der Waals surface area contributed by atoms with Crippen molar-refractivity contribution in [3.05, 3.63) is 63.2 Å². The van der Waals surface area contributed by atoms with Crippen LogP contribution in [0.5, 0.6) is 17.2 Å². The maximum Gasteiger partial charge on any atom is 0.273 e. The lowest BCUT2D eigenvalue weighted by Crippen LogP contribution is -2.40. The molecule has 3 N–H and O–H groups in total. The van der Waals surface area contributed by atoms with Crippen molar-refractivity contribution in [1.82, 2.24) is 15.1 Å². The van der Waals surface area contributed by atoms with Gasteiger partial charge in [-0.15, -0.1) is 0 Å². The maximum atomic E-state index is 12.5. The number of aromatic amines is 1. The Morgan fingerprint density at radius 3 is 2.35 bits per heavy atom. The number of aromatic nitrogens is 2. The van der Waals surface area contributed by atoms with Crippen LogP contribution in [0.4, 0.5) is 0 Å². The van der Waals surface area contributed by atoms with Crippen LogP contribution in [-0.4, -0.2) is 54.3 Å². The summed E-state index contributed by atoms with van der Waals surface area (Å²) in [5.41, 5.74) is -0.959. The smallest absolute Gasteiger partial charge is 0.273 e. The highest BCUT2D eigenvalue weighted by Crippen LogP contribution is 2.36. The van der Waals surface area contributed by atoms with E-state index >= 15 is 0 Å². The van der Waals surface area contributed by atoms with E-state index in [-0.39, 0.29) is 23.9 Å². The van der Waals surface area contributed by atoms with Gasteiger partial charge in [0.05, 0.1) is 25.0 Å². The molecule has 0 radical (unpaired) electrons. The summed E-state index contributed by atoms with van der Waals surface area (Å²) >= 11 is 0. The molecule has 0 spiro atoms. The number of benzene rings is 2. The van der Waals surface area contributed by atoms with Crippen LogP contribution in [0.15, 0.2) is 52.1 Å². The molecule has 1 unspecified atom stereocenters. The standard InChI is InChI=1S/C21H23N3O7/c1-29-16-8-5-9-17(30-2)19(16)31-12-13(25)10-22-18(26)11-24-21(28)15-7-4-3-6-14(15)20(27)23-24/h3-9,13,25H,10-12H2,1-2H3,(H,22,26)(H,23,27). The highest BCUT2D eigenvalue weighted by Gasteiger charge is 2.15. The maximum absolute atomic E-state index is 12.5. The Labute approximate surface area is 177 Å². The Hall–Kier alpha value is -3.79. The fourth-order valence-electron chi connectivity index (χ4n) is 2.99. The van der Waals surface area contributed by atoms with Crippen molar-refractivity contribution in [1.29, 1.82) is 0 Å². The number of aliphatic hydroxyl groups excluding tert-OH is 1. The normalized spacial score (nSPS) is 11.7. The van der Waals surface area contributed by atoms with Gasteiger partial charge in [0.2, 0.25) is 11.7 Å². The van der Waals surface area contributed by atoms with Gasteiger partial charge >= 0.3 is 0 Å². The van der Waals surface area contributed by atoms with E-state index in [4.69, 9.17) is 14.2 Å². The van der Waals surface area contributed by atoms with Gasteiger partial charge in [0.15, 0.2) is 11.5 Å². The second-order valence-corrected chi connectivity index (χ2v) is 6.64. The van der Waals surface area contributed by atoms with Crippen LogP contribution in [0.3, 0.4) is 0 Å². The summed E-state index contributed by atoms with van der Waals surface area (Å²) in [6, 6.07) is 11.5. The van der Waals surface area contributed by atoms with E-state index in [9.17, 15) is 19.5 Å². The Morgan fingerprint density at radius 2 is 1.71 bits per heavy atom. The highest BCUT2D eigenvalue weighted by molar-refractivity contribution is 5.81. The highest BCUT2D eigenvalue weighted by atomic mass is 16.5. The average molecular weight is 429 g/mol. The third kappa shape index (κ3) is 5.04. The Bertz CT molecular complexity index is 1160. The van der Waals surface area contributed by atoms with Crippen molar-refractivity contribution in [3.8, 4) is 17.2 Å². The number of nitrogens with zero attached hydrogens (tertiary/aromatic N) is 1. The predicted octanol–water partition coefficient (Wildman–Crippen LogP) is 0.263. The largest absolute Gasteiger partial charge is 0.493 e. The van der Waals surface area contributed by atoms with Crippen molar-refractivity contribution in [2.24, 2.45) is 0 Å². The monoisotopic (exact) mass is 429 g/mol. The molecule has 31 heavy (non-hydrogen) atoms. The van der Waals surface area contributed by atoms with Crippen LogP contribution in [0, 0.1) is 0 Å². The predicted molar refractivity (Wildman–Crippen MR) is 113 cm³/mol. The number of amides is 1. The van der Waals surface area contributed by atoms with Gasteiger partial charge in [0, 0.05) is 6.54 Å². The van der Waals surface area contributed by atoms with Crippen molar-refractivity contribution in [2.75, 3.05) is 27.4 Å². The van der Waals surface area contributed by atoms with E-state index in [2.05, 4.69) is 10.4 Å². The zero-order chi connectivity index (χ0) is 22.4. The van der Waals surface area contributed by atoms with Crippen LogP contribution in [0.25, 0.3) is 10.8 Å². The Balaban J connectivity index is 1.58. The summed E-state index contributed by atoms with van der Waals surface area (Å²) in [5, 5.41) is 15.5. The van der Waals surface area contributed by atoms with Gasteiger partial charge in [-0.2, -0.15) is 0 Å². The molecular weight excluding hydrogens is 406 g/mol. The number of methoxy groups -OCH3 is 2. The summed E-state index contributed by atoms with van der Waals surface area (Å²) in [5.74, 6) is 0.658. The molecule has 1 aromatic heterocycles. The van der Waals surface area contributed by atoms with Gasteiger partial charge in [-0.1, -0.05) is 18.2 Å². The van der Waals surface area contributed by atoms with Crippen LogP contribution in [-0.2, 0) is 11.3 Å². The van der Waals surface area contributed by atoms with E-state index in [0.29, 0.717) is 17.2 Å². The van der Waals surface area contributed by atoms with Gasteiger partial charge in [-0.05, 0) is 24.3 Å². The number of H-pyrrole nitrogens is 1. The van der Waals surface area contributed by atoms with E-state index in [1.807, 2.05) is 0 Å². The topological polar surface area (TPSA) is 132 Å². The van der Waals surface area contributed by atoms with Gasteiger partial charge in [-0.3, -0.25) is 19.5 Å². The number of para-hydroxylation sites is 1. The Morgan fingerprint density at radius 1 is 1.06 bits per heavy atom. The summed E-state index contributed by atoms with van der Waals surface area (Å²) in [4.78, 5) is 36.8. The second-order valence-electron chi connectivity index (χ2n) is 6.64. The molecule has 3 aromatic rings. The van der Waals surface area contributed by atoms with E-state index < -0.39 is 29.7 Å². The number of aliphatic hydroxyl groups is 1. The van der Waals surface area contributed by atoms with Crippen molar-refractivity contribution >= 4 is 16.7 Å². The fourth-order valence-corrected chi connectivity index (χ4v) is 2.99. The first-order valence-electron chi connectivity index (χ1n) is 9.45. The zero-order valence-corrected chi connectivity index (χ0v) is 17.1. The number of carbonyl (C=O) groups is 1. The van der Waals surface area contributed by atoms with Gasteiger partial charge in [-0.25, -0.2) is 4.68 Å². The number of hydrogen-bond donors (Lipinski definition) is 3. The average Bonchev–Trinajstić information content (AvgIpc) is 2.79. The van der Waals surface area contributed by atoms with Crippen molar-refractivity contribution in [3.63, 3.8) is 0 Å². The zero-order valence-electron chi connectivity index (χ0n) is 17.1. The van der Waals surface area contributed by atoms with Gasteiger partial charge < -0.3 is 24.6 Å². The molecule has 10 heteroatoms. The third-order valence-corrected chi connectivity index (χ3v) is 4.52. The fraction of sp³-hybridized carbons (Fsp3) is 0.286. The minimum atomic E-state index is -1.04. The molecule has 1 amide bonds. The first kappa shape index (κ1) is 21.9. The molecule has 0 aliphatic heterocycles. The lowest BCUT2D eigenvalue weighted by molar-refractivity contribution is -0.122. The molecule has 2 aromatic carbocycles. The van der Waals surface area contributed by atoms with Crippen LogP contribution < -0.4 is 30.6 Å². The van der Waals surface area contributed by atoms with Crippen LogP contribution >= 0.6 is 0 Å². The van der Waals surface area contributed by atoms with Gasteiger partial charge in [0.25, 0.3) is 11.1 Å². The molecule has 0 bridgehead atoms. The van der Waals surface area contributed by atoms with Crippen molar-refractivity contribution < 1.29 is 24.1 Å². The first-order chi connectivity index (χ1) is 14.9. The minimum Gasteiger partial charge on any atom is -0.493 e. The quantitative estimate of drug-likeness (QED) is 0.445. The van der Waals surface area contributed by atoms with E-state index in [0.717, 1.165) is 4.68 Å². The first-order valence-corrected chi connectivity index (χ1v) is 9.45. The molecule has 0 aliphatic rings. The van der Waals surface area contributed by atoms with Crippen LogP contribution in [0.1, 0.15) is 0 Å². The van der Waals surface area contributed by atoms with Gasteiger partial charge in [0.1, 0.15) is 19.3 Å². The number of hydrogen-bond acceptors (Lipinski definition) is 7. The number of carbonyl (C=O) groups excluding carboxylic acids is 1.